The molecule has 0 bridgehead atoms. The molecule has 1 saturated heterocycles. The Morgan fingerprint density at radius 1 is 1.22 bits per heavy atom. The summed E-state index contributed by atoms with van der Waals surface area (Å²) in [4.78, 5) is 51.3. The number of rotatable bonds is 5. The molecule has 1 fully saturated rings. The molecule has 10 nitrogen and oxygen atoms in total. The van der Waals surface area contributed by atoms with Crippen LogP contribution < -0.4 is 11.2 Å². The zero-order valence-electron chi connectivity index (χ0n) is 20.9. The molecule has 0 unspecified atom stereocenters. The molecule has 4 aromatic heterocycles. The Balaban J connectivity index is 1.75. The van der Waals surface area contributed by atoms with Crippen LogP contribution in [0.2, 0.25) is 0 Å². The summed E-state index contributed by atoms with van der Waals surface area (Å²) in [5.74, 6) is 0.345. The molecule has 0 spiro atoms. The van der Waals surface area contributed by atoms with Crippen LogP contribution in [-0.4, -0.2) is 48.0 Å². The molecule has 1 amide bonds. The second-order valence-corrected chi connectivity index (χ2v) is 10.3. The Labute approximate surface area is 211 Å². The summed E-state index contributed by atoms with van der Waals surface area (Å²) in [6.07, 6.45) is 2.83. The van der Waals surface area contributed by atoms with Crippen molar-refractivity contribution in [3.05, 3.63) is 72.6 Å². The molecule has 0 aromatic carbocycles. The van der Waals surface area contributed by atoms with Crippen molar-refractivity contribution < 1.29 is 9.63 Å². The van der Waals surface area contributed by atoms with Crippen LogP contribution in [0.15, 0.2) is 34.0 Å². The van der Waals surface area contributed by atoms with Crippen molar-refractivity contribution in [1.29, 1.82) is 0 Å². The minimum atomic E-state index is -0.477. The molecule has 5 rings (SSSR count). The van der Waals surface area contributed by atoms with Crippen LogP contribution in [0.1, 0.15) is 58.5 Å². The third-order valence-electron chi connectivity index (χ3n) is 6.55. The Morgan fingerprint density at radius 2 is 2.00 bits per heavy atom. The van der Waals surface area contributed by atoms with Gasteiger partial charge in [-0.25, -0.2) is 19.5 Å². The largest absolute Gasteiger partial charge is 0.332 e. The van der Waals surface area contributed by atoms with Gasteiger partial charge in [0.25, 0.3) is 11.5 Å². The van der Waals surface area contributed by atoms with Crippen molar-refractivity contribution in [3.8, 4) is 5.82 Å². The fourth-order valence-corrected chi connectivity index (χ4v) is 6.09. The van der Waals surface area contributed by atoms with E-state index in [-0.39, 0.29) is 17.3 Å². The standard InChI is InChI=1S/C25H28N6O4S/c1-14(2)30-24-21(22(32)28(5)25(30)34)20(23(33)29-11-8-12-35-29)18(36-24)13-17-15(3)27-31(16(17)4)19-9-6-7-10-26-19/h6-7,9-10,14H,8,11-13H2,1-5H3. The number of aryl methyl sites for hydroxylation is 1. The molecule has 11 heteroatoms. The highest BCUT2D eigenvalue weighted by Crippen LogP contribution is 2.34. The monoisotopic (exact) mass is 508 g/mol. The number of hydroxylamine groups is 2. The van der Waals surface area contributed by atoms with Gasteiger partial charge in [-0.3, -0.25) is 23.6 Å². The van der Waals surface area contributed by atoms with Crippen LogP contribution in [0.4, 0.5) is 0 Å². The summed E-state index contributed by atoms with van der Waals surface area (Å²) in [6.45, 7) is 8.57. The van der Waals surface area contributed by atoms with Crippen molar-refractivity contribution in [2.75, 3.05) is 13.2 Å². The summed E-state index contributed by atoms with van der Waals surface area (Å²) >= 11 is 1.31. The first-order chi connectivity index (χ1) is 17.2. The summed E-state index contributed by atoms with van der Waals surface area (Å²) in [7, 11) is 1.45. The molecule has 5 heterocycles. The maximum atomic E-state index is 13.7. The zero-order chi connectivity index (χ0) is 25.7. The number of pyridine rings is 1. The molecular formula is C25H28N6O4S. The van der Waals surface area contributed by atoms with E-state index in [4.69, 9.17) is 9.94 Å². The first-order valence-corrected chi connectivity index (χ1v) is 12.7. The fraction of sp³-hybridized carbons (Fsp3) is 0.400. The van der Waals surface area contributed by atoms with Crippen LogP contribution in [0.5, 0.6) is 0 Å². The number of amides is 1. The lowest BCUT2D eigenvalue weighted by Gasteiger charge is -2.15. The summed E-state index contributed by atoms with van der Waals surface area (Å²) < 4.78 is 4.45. The van der Waals surface area contributed by atoms with Gasteiger partial charge in [0.2, 0.25) is 0 Å². The molecule has 36 heavy (non-hydrogen) atoms. The maximum absolute atomic E-state index is 13.7. The zero-order valence-corrected chi connectivity index (χ0v) is 21.8. The molecular weight excluding hydrogens is 480 g/mol. The Morgan fingerprint density at radius 3 is 2.64 bits per heavy atom. The second kappa shape index (κ2) is 9.14. The summed E-state index contributed by atoms with van der Waals surface area (Å²) in [5, 5.41) is 6.28. The topological polar surface area (TPSA) is 104 Å². The van der Waals surface area contributed by atoms with E-state index in [9.17, 15) is 14.4 Å². The number of fused-ring (bicyclic) bond motifs is 1. The van der Waals surface area contributed by atoms with Crippen molar-refractivity contribution >= 4 is 27.5 Å². The van der Waals surface area contributed by atoms with E-state index in [1.165, 1.54) is 23.4 Å². The van der Waals surface area contributed by atoms with Gasteiger partial charge in [-0.15, -0.1) is 11.3 Å². The van der Waals surface area contributed by atoms with Gasteiger partial charge < -0.3 is 0 Å². The van der Waals surface area contributed by atoms with Gasteiger partial charge in [-0.2, -0.15) is 5.10 Å². The molecule has 0 radical (unpaired) electrons. The number of carbonyl (C=O) groups excluding carboxylic acids is 1. The molecule has 0 aliphatic carbocycles. The smallest absolute Gasteiger partial charge is 0.282 e. The normalized spacial score (nSPS) is 13.9. The highest BCUT2D eigenvalue weighted by molar-refractivity contribution is 7.19. The Kier molecular flexibility index (Phi) is 6.13. The van der Waals surface area contributed by atoms with E-state index < -0.39 is 11.2 Å². The molecule has 1 aliphatic rings. The number of aromatic nitrogens is 5. The van der Waals surface area contributed by atoms with Crippen LogP contribution >= 0.6 is 11.3 Å². The number of nitrogens with zero attached hydrogens (tertiary/aromatic N) is 6. The van der Waals surface area contributed by atoms with E-state index in [1.54, 1.807) is 15.4 Å². The number of thiophene rings is 1. The lowest BCUT2D eigenvalue weighted by molar-refractivity contribution is -0.0767. The van der Waals surface area contributed by atoms with Crippen LogP contribution in [-0.2, 0) is 18.3 Å². The van der Waals surface area contributed by atoms with E-state index in [0.29, 0.717) is 40.7 Å². The van der Waals surface area contributed by atoms with Gasteiger partial charge in [0, 0.05) is 41.8 Å². The first kappa shape index (κ1) is 24.1. The van der Waals surface area contributed by atoms with E-state index in [2.05, 4.69) is 4.98 Å². The van der Waals surface area contributed by atoms with Crippen molar-refractivity contribution in [1.82, 2.24) is 29.0 Å². The van der Waals surface area contributed by atoms with E-state index in [1.807, 2.05) is 45.9 Å². The number of carbonyl (C=O) groups is 1. The van der Waals surface area contributed by atoms with Gasteiger partial charge in [-0.1, -0.05) is 6.07 Å². The number of hydrogen-bond donors (Lipinski definition) is 0. The first-order valence-electron chi connectivity index (χ1n) is 11.9. The highest BCUT2D eigenvalue weighted by atomic mass is 32.1. The van der Waals surface area contributed by atoms with Crippen LogP contribution in [0.3, 0.4) is 0 Å². The van der Waals surface area contributed by atoms with E-state index in [0.717, 1.165) is 27.9 Å². The Bertz CT molecular complexity index is 1590. The highest BCUT2D eigenvalue weighted by Gasteiger charge is 2.31. The molecule has 0 saturated carbocycles. The fourth-order valence-electron chi connectivity index (χ4n) is 4.67. The quantitative estimate of drug-likeness (QED) is 0.411. The minimum Gasteiger partial charge on any atom is -0.282 e. The average Bonchev–Trinajstić information content (AvgIpc) is 3.58. The lowest BCUT2D eigenvalue weighted by atomic mass is 10.0. The second-order valence-electron chi connectivity index (χ2n) is 9.21. The van der Waals surface area contributed by atoms with Gasteiger partial charge in [0.05, 0.1) is 29.8 Å². The van der Waals surface area contributed by atoms with Gasteiger partial charge in [0.1, 0.15) is 4.83 Å². The molecule has 0 N–H and O–H groups in total. The predicted molar refractivity (Wildman–Crippen MR) is 137 cm³/mol. The van der Waals surface area contributed by atoms with Gasteiger partial charge in [-0.05, 0) is 46.2 Å². The summed E-state index contributed by atoms with van der Waals surface area (Å²) in [5.41, 5.74) is 2.07. The molecule has 4 aromatic rings. The molecule has 0 atom stereocenters. The van der Waals surface area contributed by atoms with Gasteiger partial charge in [0.15, 0.2) is 5.82 Å². The third kappa shape index (κ3) is 3.79. The molecule has 188 valence electrons. The average molecular weight is 509 g/mol. The van der Waals surface area contributed by atoms with Crippen LogP contribution in [0.25, 0.3) is 16.0 Å². The van der Waals surface area contributed by atoms with Gasteiger partial charge >= 0.3 is 5.69 Å². The lowest BCUT2D eigenvalue weighted by Crippen LogP contribution is -2.39. The van der Waals surface area contributed by atoms with E-state index >= 15 is 0 Å². The van der Waals surface area contributed by atoms with Crippen LogP contribution in [0, 0.1) is 13.8 Å². The predicted octanol–water partition coefficient (Wildman–Crippen LogP) is 2.91. The summed E-state index contributed by atoms with van der Waals surface area (Å²) in [6, 6.07) is 5.44. The SMILES string of the molecule is Cc1nn(-c2ccccn2)c(C)c1Cc1sc2c(c1C(=O)N1CCCO1)c(=O)n(C)c(=O)n2C(C)C. The molecule has 1 aliphatic heterocycles. The van der Waals surface area contributed by atoms with Crippen molar-refractivity contribution in [2.45, 2.75) is 46.6 Å². The van der Waals surface area contributed by atoms with Crippen molar-refractivity contribution in [2.24, 2.45) is 7.05 Å². The maximum Gasteiger partial charge on any atom is 0.332 e. The third-order valence-corrected chi connectivity index (χ3v) is 7.74. The Hall–Kier alpha value is -3.57. The number of hydrogen-bond acceptors (Lipinski definition) is 7. The van der Waals surface area contributed by atoms with Crippen molar-refractivity contribution in [3.63, 3.8) is 0 Å². The minimum absolute atomic E-state index is 0.195.